The third-order valence-electron chi connectivity index (χ3n) is 3.93. The Morgan fingerprint density at radius 2 is 1.62 bits per heavy atom. The fourth-order valence-electron chi connectivity index (χ4n) is 2.48. The molecule has 0 aliphatic heterocycles. The summed E-state index contributed by atoms with van der Waals surface area (Å²) in [5.41, 5.74) is 1.39. The lowest BCUT2D eigenvalue weighted by Crippen LogP contribution is -2.05. The van der Waals surface area contributed by atoms with Gasteiger partial charge in [0.25, 0.3) is 0 Å². The molecule has 0 spiro atoms. The quantitative estimate of drug-likeness (QED) is 0.456. The highest BCUT2D eigenvalue weighted by Gasteiger charge is 2.17. The van der Waals surface area contributed by atoms with Crippen molar-refractivity contribution >= 4 is 5.78 Å². The number of carbonyl (C=O) groups excluding carboxylic acids is 1. The molecule has 0 atom stereocenters. The molecule has 0 saturated carbocycles. The van der Waals surface area contributed by atoms with Crippen molar-refractivity contribution in [1.82, 2.24) is 0 Å². The number of benzene rings is 2. The van der Waals surface area contributed by atoms with Crippen molar-refractivity contribution < 1.29 is 23.7 Å². The summed E-state index contributed by atoms with van der Waals surface area (Å²) in [7, 11) is 3.07. The number of rotatable bonds is 10. The van der Waals surface area contributed by atoms with Crippen molar-refractivity contribution in [3.8, 4) is 23.0 Å². The van der Waals surface area contributed by atoms with Crippen molar-refractivity contribution in [2.75, 3.05) is 20.8 Å². The van der Waals surface area contributed by atoms with Crippen LogP contribution < -0.4 is 18.9 Å². The van der Waals surface area contributed by atoms with Crippen LogP contribution in [-0.2, 0) is 6.61 Å². The van der Waals surface area contributed by atoms with Crippen LogP contribution in [0.2, 0.25) is 0 Å². The van der Waals surface area contributed by atoms with Crippen LogP contribution in [-0.4, -0.2) is 26.6 Å². The van der Waals surface area contributed by atoms with E-state index in [0.29, 0.717) is 29.4 Å². The molecule has 0 N–H and O–H groups in total. The van der Waals surface area contributed by atoms with Gasteiger partial charge in [0.15, 0.2) is 5.78 Å². The summed E-state index contributed by atoms with van der Waals surface area (Å²) in [6.07, 6.45) is 2.14. The molecule has 2 aromatic carbocycles. The lowest BCUT2D eigenvalue weighted by Gasteiger charge is -2.15. The summed E-state index contributed by atoms with van der Waals surface area (Å²) in [6.45, 7) is 4.66. The second-order valence-electron chi connectivity index (χ2n) is 5.89. The smallest absolute Gasteiger partial charge is 0.167 e. The molecular weight excluding hydrogens is 332 g/mol. The van der Waals surface area contributed by atoms with Gasteiger partial charge in [-0.25, -0.2) is 0 Å². The van der Waals surface area contributed by atoms with Crippen molar-refractivity contribution in [2.24, 2.45) is 0 Å². The molecule has 0 heterocycles. The topological polar surface area (TPSA) is 54.0 Å². The average molecular weight is 358 g/mol. The Hall–Kier alpha value is -2.69. The van der Waals surface area contributed by atoms with Crippen LogP contribution in [0.4, 0.5) is 0 Å². The first-order chi connectivity index (χ1) is 12.6. The first-order valence-electron chi connectivity index (χ1n) is 8.70. The number of unbranched alkanes of at least 4 members (excludes halogenated alkanes) is 1. The largest absolute Gasteiger partial charge is 0.496 e. The highest BCUT2D eigenvalue weighted by Crippen LogP contribution is 2.35. The van der Waals surface area contributed by atoms with Crippen molar-refractivity contribution in [3.63, 3.8) is 0 Å². The monoisotopic (exact) mass is 358 g/mol. The van der Waals surface area contributed by atoms with E-state index in [1.807, 2.05) is 24.3 Å². The molecule has 0 aliphatic carbocycles. The van der Waals surface area contributed by atoms with E-state index in [9.17, 15) is 4.79 Å². The van der Waals surface area contributed by atoms with Crippen molar-refractivity contribution in [1.29, 1.82) is 0 Å². The molecule has 0 amide bonds. The number of hydrogen-bond donors (Lipinski definition) is 0. The number of hydrogen-bond acceptors (Lipinski definition) is 5. The zero-order chi connectivity index (χ0) is 18.9. The normalized spacial score (nSPS) is 10.3. The van der Waals surface area contributed by atoms with Gasteiger partial charge in [-0.2, -0.15) is 0 Å². The van der Waals surface area contributed by atoms with Gasteiger partial charge < -0.3 is 18.9 Å². The van der Waals surface area contributed by atoms with Crippen molar-refractivity contribution in [2.45, 2.75) is 33.3 Å². The number of Topliss-reactive ketones (excluding diaryl/α,β-unsaturated/α-hetero) is 1. The summed E-state index contributed by atoms with van der Waals surface area (Å²) < 4.78 is 22.1. The van der Waals surface area contributed by atoms with Gasteiger partial charge in [0, 0.05) is 12.1 Å². The Balaban J connectivity index is 2.12. The zero-order valence-electron chi connectivity index (χ0n) is 15.8. The SMILES string of the molecule is CCCCOc1ccc(COc2cc(OC)cc(OC)c2C(C)=O)cc1. The predicted molar refractivity (Wildman–Crippen MR) is 101 cm³/mol. The fraction of sp³-hybridized carbons (Fsp3) is 0.381. The summed E-state index contributed by atoms with van der Waals surface area (Å²) in [6, 6.07) is 11.1. The number of ketones is 1. The Kier molecular flexibility index (Phi) is 7.33. The minimum absolute atomic E-state index is 0.126. The van der Waals surface area contributed by atoms with E-state index in [1.165, 1.54) is 14.0 Å². The van der Waals surface area contributed by atoms with Crippen LogP contribution in [0.1, 0.15) is 42.6 Å². The molecular formula is C21H26O5. The molecule has 2 aromatic rings. The second kappa shape index (κ2) is 9.70. The van der Waals surface area contributed by atoms with E-state index in [2.05, 4.69) is 6.92 Å². The molecule has 5 heteroatoms. The van der Waals surface area contributed by atoms with Crippen LogP contribution in [0, 0.1) is 0 Å². The third kappa shape index (κ3) is 5.15. The molecule has 0 fully saturated rings. The molecule has 0 aliphatic rings. The Morgan fingerprint density at radius 3 is 2.19 bits per heavy atom. The van der Waals surface area contributed by atoms with Crippen molar-refractivity contribution in [3.05, 3.63) is 47.5 Å². The first-order valence-corrected chi connectivity index (χ1v) is 8.70. The molecule has 2 rings (SSSR count). The maximum Gasteiger partial charge on any atom is 0.167 e. The van der Waals surface area contributed by atoms with Gasteiger partial charge in [0.2, 0.25) is 0 Å². The van der Waals surface area contributed by atoms with Crippen LogP contribution in [0.25, 0.3) is 0 Å². The summed E-state index contributed by atoms with van der Waals surface area (Å²) in [4.78, 5) is 12.0. The summed E-state index contributed by atoms with van der Waals surface area (Å²) in [5.74, 6) is 2.17. The highest BCUT2D eigenvalue weighted by atomic mass is 16.5. The van der Waals surface area contributed by atoms with Gasteiger partial charge in [-0.15, -0.1) is 0 Å². The van der Waals surface area contributed by atoms with E-state index in [-0.39, 0.29) is 5.78 Å². The van der Waals surface area contributed by atoms with E-state index in [1.54, 1.807) is 19.2 Å². The Bertz CT molecular complexity index is 722. The molecule has 5 nitrogen and oxygen atoms in total. The molecule has 140 valence electrons. The van der Waals surface area contributed by atoms with Crippen LogP contribution >= 0.6 is 0 Å². The minimum Gasteiger partial charge on any atom is -0.496 e. The van der Waals surface area contributed by atoms with Crippen LogP contribution in [0.15, 0.2) is 36.4 Å². The lowest BCUT2D eigenvalue weighted by atomic mass is 10.1. The van der Waals surface area contributed by atoms with Gasteiger partial charge in [-0.3, -0.25) is 4.79 Å². The summed E-state index contributed by atoms with van der Waals surface area (Å²) in [5, 5.41) is 0. The molecule has 26 heavy (non-hydrogen) atoms. The maximum absolute atomic E-state index is 12.0. The standard InChI is InChI=1S/C21H26O5/c1-5-6-11-25-17-9-7-16(8-10-17)14-26-20-13-18(23-3)12-19(24-4)21(20)15(2)22/h7-10,12-13H,5-6,11,14H2,1-4H3. The first kappa shape index (κ1) is 19.6. The third-order valence-corrected chi connectivity index (χ3v) is 3.93. The number of methoxy groups -OCH3 is 2. The van der Waals surface area contributed by atoms with E-state index < -0.39 is 0 Å². The molecule has 0 saturated heterocycles. The second-order valence-corrected chi connectivity index (χ2v) is 5.89. The van der Waals surface area contributed by atoms with Gasteiger partial charge in [0.05, 0.1) is 20.8 Å². The fourth-order valence-corrected chi connectivity index (χ4v) is 2.48. The molecule has 0 aromatic heterocycles. The van der Waals surface area contributed by atoms with Gasteiger partial charge in [-0.05, 0) is 31.0 Å². The highest BCUT2D eigenvalue weighted by molar-refractivity contribution is 6.00. The van der Waals surface area contributed by atoms with Gasteiger partial charge >= 0.3 is 0 Å². The van der Waals surface area contributed by atoms with Crippen LogP contribution in [0.5, 0.6) is 23.0 Å². The molecule has 0 unspecified atom stereocenters. The Morgan fingerprint density at radius 1 is 0.923 bits per heavy atom. The van der Waals surface area contributed by atoms with Gasteiger partial charge in [-0.1, -0.05) is 25.5 Å². The number of carbonyl (C=O) groups is 1. The summed E-state index contributed by atoms with van der Waals surface area (Å²) >= 11 is 0. The van der Waals surface area contributed by atoms with Crippen LogP contribution in [0.3, 0.4) is 0 Å². The van der Waals surface area contributed by atoms with E-state index in [0.717, 1.165) is 30.8 Å². The number of ether oxygens (including phenoxy) is 4. The zero-order valence-corrected chi connectivity index (χ0v) is 15.8. The van der Waals surface area contributed by atoms with E-state index in [4.69, 9.17) is 18.9 Å². The molecule has 0 radical (unpaired) electrons. The van der Waals surface area contributed by atoms with E-state index >= 15 is 0 Å². The van der Waals surface area contributed by atoms with Gasteiger partial charge in [0.1, 0.15) is 35.2 Å². The molecule has 0 bridgehead atoms. The Labute approximate surface area is 154 Å². The lowest BCUT2D eigenvalue weighted by molar-refractivity contribution is 0.101. The predicted octanol–water partition coefficient (Wildman–Crippen LogP) is 4.66. The average Bonchev–Trinajstić information content (AvgIpc) is 2.66. The maximum atomic E-state index is 12.0. The minimum atomic E-state index is -0.126.